The molecule has 5 heteroatoms. The molecule has 3 aromatic rings. The third-order valence-electron chi connectivity index (χ3n) is 4.50. The molecule has 0 fully saturated rings. The van der Waals surface area contributed by atoms with Crippen LogP contribution in [0.5, 0.6) is 0 Å². The molecule has 1 atom stereocenters. The van der Waals surface area contributed by atoms with Crippen molar-refractivity contribution in [2.24, 2.45) is 0 Å². The van der Waals surface area contributed by atoms with Crippen molar-refractivity contribution in [3.05, 3.63) is 65.9 Å². The highest BCUT2D eigenvalue weighted by molar-refractivity contribution is 6.01. The van der Waals surface area contributed by atoms with Crippen LogP contribution < -0.4 is 5.32 Å². The van der Waals surface area contributed by atoms with Gasteiger partial charge in [0.1, 0.15) is 11.6 Å². The summed E-state index contributed by atoms with van der Waals surface area (Å²) in [6.45, 7) is 6.17. The first kappa shape index (κ1) is 18.7. The van der Waals surface area contributed by atoms with Gasteiger partial charge in [-0.3, -0.25) is 9.59 Å². The molecule has 2 amide bonds. The Balaban J connectivity index is 1.82. The number of amides is 2. The van der Waals surface area contributed by atoms with Crippen molar-refractivity contribution >= 4 is 28.5 Å². The molecule has 0 aliphatic rings. The number of benzene rings is 2. The maximum Gasteiger partial charge on any atom is 0.290 e. The van der Waals surface area contributed by atoms with Crippen LogP contribution >= 0.6 is 0 Å². The van der Waals surface area contributed by atoms with E-state index in [1.165, 1.54) is 0 Å². The zero-order valence-corrected chi connectivity index (χ0v) is 15.9. The maximum atomic E-state index is 13.0. The SMILES string of the molecule is CCCN(C(=O)c1cc2cc(C)ccc2o1)C(C)C(=O)Nc1ccccc1. The Labute approximate surface area is 159 Å². The lowest BCUT2D eigenvalue weighted by Gasteiger charge is -2.27. The van der Waals surface area contributed by atoms with E-state index in [1.54, 1.807) is 17.9 Å². The fraction of sp³-hybridized carbons (Fsp3) is 0.273. The standard InChI is InChI=1S/C22H24N2O3/c1-4-12-24(16(3)21(25)23-18-8-6-5-7-9-18)22(26)20-14-17-13-15(2)10-11-19(17)27-20/h5-11,13-14,16H,4,12H2,1-3H3,(H,23,25). The molecule has 3 rings (SSSR count). The van der Waals surface area contributed by atoms with Crippen molar-refractivity contribution in [2.75, 3.05) is 11.9 Å². The van der Waals surface area contributed by atoms with Gasteiger partial charge in [-0.25, -0.2) is 0 Å². The number of carbonyl (C=O) groups excluding carboxylic acids is 2. The van der Waals surface area contributed by atoms with Crippen molar-refractivity contribution in [1.29, 1.82) is 0 Å². The van der Waals surface area contributed by atoms with Crippen molar-refractivity contribution < 1.29 is 14.0 Å². The van der Waals surface area contributed by atoms with Crippen LogP contribution in [0.25, 0.3) is 11.0 Å². The Bertz CT molecular complexity index is 947. The number of nitrogens with zero attached hydrogens (tertiary/aromatic N) is 1. The average molecular weight is 364 g/mol. The molecule has 1 aromatic heterocycles. The van der Waals surface area contributed by atoms with Crippen molar-refractivity contribution in [3.63, 3.8) is 0 Å². The van der Waals surface area contributed by atoms with Gasteiger partial charge in [-0.05, 0) is 50.6 Å². The number of hydrogen-bond acceptors (Lipinski definition) is 3. The van der Waals surface area contributed by atoms with Crippen molar-refractivity contribution in [2.45, 2.75) is 33.2 Å². The first-order valence-electron chi connectivity index (χ1n) is 9.16. The molecule has 2 aromatic carbocycles. The first-order chi connectivity index (χ1) is 13.0. The van der Waals surface area contributed by atoms with E-state index < -0.39 is 6.04 Å². The molecule has 0 radical (unpaired) electrons. The molecule has 1 N–H and O–H groups in total. The van der Waals surface area contributed by atoms with Gasteiger partial charge >= 0.3 is 0 Å². The van der Waals surface area contributed by atoms with Crippen LogP contribution in [0.15, 0.2) is 59.0 Å². The van der Waals surface area contributed by atoms with Crippen molar-refractivity contribution in [3.8, 4) is 0 Å². The van der Waals surface area contributed by atoms with Gasteiger partial charge < -0.3 is 14.6 Å². The lowest BCUT2D eigenvalue weighted by atomic mass is 10.1. The smallest absolute Gasteiger partial charge is 0.290 e. The molecular formula is C22H24N2O3. The predicted molar refractivity (Wildman–Crippen MR) is 107 cm³/mol. The maximum absolute atomic E-state index is 13.0. The highest BCUT2D eigenvalue weighted by atomic mass is 16.3. The minimum atomic E-state index is -0.618. The van der Waals surface area contributed by atoms with E-state index in [2.05, 4.69) is 5.32 Å². The Morgan fingerprint density at radius 3 is 2.56 bits per heavy atom. The lowest BCUT2D eigenvalue weighted by Crippen LogP contribution is -2.45. The summed E-state index contributed by atoms with van der Waals surface area (Å²) >= 11 is 0. The summed E-state index contributed by atoms with van der Waals surface area (Å²) in [6, 6.07) is 16.1. The average Bonchev–Trinajstić information content (AvgIpc) is 3.09. The number of hydrogen-bond donors (Lipinski definition) is 1. The van der Waals surface area contributed by atoms with Crippen LogP contribution in [0.1, 0.15) is 36.4 Å². The second kappa shape index (κ2) is 8.08. The van der Waals surface area contributed by atoms with Crippen LogP contribution in [-0.2, 0) is 4.79 Å². The van der Waals surface area contributed by atoms with Crippen LogP contribution in [0.4, 0.5) is 5.69 Å². The summed E-state index contributed by atoms with van der Waals surface area (Å²) in [5.74, 6) is -0.250. The minimum absolute atomic E-state index is 0.227. The summed E-state index contributed by atoms with van der Waals surface area (Å²) in [5.41, 5.74) is 2.47. The molecule has 140 valence electrons. The number of aryl methyl sites for hydroxylation is 1. The van der Waals surface area contributed by atoms with Gasteiger partial charge in [-0.1, -0.05) is 36.8 Å². The second-order valence-electron chi connectivity index (χ2n) is 6.68. The van der Waals surface area contributed by atoms with Gasteiger partial charge in [-0.15, -0.1) is 0 Å². The molecule has 0 spiro atoms. The highest BCUT2D eigenvalue weighted by Gasteiger charge is 2.28. The van der Waals surface area contributed by atoms with E-state index in [9.17, 15) is 9.59 Å². The van der Waals surface area contributed by atoms with Crippen LogP contribution in [0.3, 0.4) is 0 Å². The molecule has 0 aliphatic heterocycles. The Morgan fingerprint density at radius 1 is 1.11 bits per heavy atom. The number of fused-ring (bicyclic) bond motifs is 1. The summed E-state index contributed by atoms with van der Waals surface area (Å²) in [4.78, 5) is 27.2. The predicted octanol–water partition coefficient (Wildman–Crippen LogP) is 4.62. The summed E-state index contributed by atoms with van der Waals surface area (Å²) in [6.07, 6.45) is 0.744. The fourth-order valence-corrected chi connectivity index (χ4v) is 3.03. The van der Waals surface area contributed by atoms with Crippen LogP contribution in [-0.4, -0.2) is 29.3 Å². The molecular weight excluding hydrogens is 340 g/mol. The minimum Gasteiger partial charge on any atom is -0.451 e. The summed E-state index contributed by atoms with van der Waals surface area (Å²) < 4.78 is 5.74. The number of furan rings is 1. The van der Waals surface area contributed by atoms with Gasteiger partial charge in [0.25, 0.3) is 5.91 Å². The second-order valence-corrected chi connectivity index (χ2v) is 6.68. The quantitative estimate of drug-likeness (QED) is 0.694. The molecule has 0 saturated carbocycles. The highest BCUT2D eigenvalue weighted by Crippen LogP contribution is 2.22. The molecule has 0 aliphatic carbocycles. The van der Waals surface area contributed by atoms with E-state index in [1.807, 2.05) is 62.4 Å². The third kappa shape index (κ3) is 4.19. The Kier molecular flexibility index (Phi) is 5.60. The van der Waals surface area contributed by atoms with Crippen molar-refractivity contribution in [1.82, 2.24) is 4.90 Å². The van der Waals surface area contributed by atoms with Gasteiger partial charge in [0.05, 0.1) is 0 Å². The van der Waals surface area contributed by atoms with Gasteiger partial charge in [0.2, 0.25) is 5.91 Å². The molecule has 0 bridgehead atoms. The van der Waals surface area contributed by atoms with E-state index in [0.29, 0.717) is 17.8 Å². The zero-order chi connectivity index (χ0) is 19.4. The van der Waals surface area contributed by atoms with E-state index in [-0.39, 0.29) is 17.6 Å². The summed E-state index contributed by atoms with van der Waals surface area (Å²) in [7, 11) is 0. The van der Waals surface area contributed by atoms with Crippen LogP contribution in [0.2, 0.25) is 0 Å². The normalized spacial score (nSPS) is 12.0. The number of nitrogens with one attached hydrogen (secondary N) is 1. The Morgan fingerprint density at radius 2 is 1.85 bits per heavy atom. The first-order valence-corrected chi connectivity index (χ1v) is 9.16. The van der Waals surface area contributed by atoms with E-state index in [0.717, 1.165) is 17.4 Å². The molecule has 1 heterocycles. The van der Waals surface area contributed by atoms with Gasteiger partial charge in [-0.2, -0.15) is 0 Å². The molecule has 1 unspecified atom stereocenters. The van der Waals surface area contributed by atoms with E-state index >= 15 is 0 Å². The number of carbonyl (C=O) groups is 2. The Hall–Kier alpha value is -3.08. The summed E-state index contributed by atoms with van der Waals surface area (Å²) in [5, 5.41) is 3.74. The third-order valence-corrected chi connectivity index (χ3v) is 4.50. The monoisotopic (exact) mass is 364 g/mol. The number of para-hydroxylation sites is 1. The zero-order valence-electron chi connectivity index (χ0n) is 15.9. The molecule has 0 saturated heterocycles. The lowest BCUT2D eigenvalue weighted by molar-refractivity contribution is -0.120. The molecule has 27 heavy (non-hydrogen) atoms. The number of rotatable bonds is 6. The van der Waals surface area contributed by atoms with E-state index in [4.69, 9.17) is 4.42 Å². The topological polar surface area (TPSA) is 62.6 Å². The number of anilines is 1. The molecule has 5 nitrogen and oxygen atoms in total. The largest absolute Gasteiger partial charge is 0.451 e. The van der Waals surface area contributed by atoms with Gasteiger partial charge in [0, 0.05) is 17.6 Å². The van der Waals surface area contributed by atoms with Crippen LogP contribution in [0, 0.1) is 6.92 Å². The fourth-order valence-electron chi connectivity index (χ4n) is 3.03. The van der Waals surface area contributed by atoms with Gasteiger partial charge in [0.15, 0.2) is 5.76 Å².